The van der Waals surface area contributed by atoms with Gasteiger partial charge in [0.15, 0.2) is 5.78 Å². The van der Waals surface area contributed by atoms with Gasteiger partial charge in [-0.1, -0.05) is 11.6 Å². The number of nitrogens with one attached hydrogen (secondary N) is 1. The molecule has 0 spiro atoms. The average Bonchev–Trinajstić information content (AvgIpc) is 2.85. The van der Waals surface area contributed by atoms with Crippen molar-refractivity contribution in [2.45, 2.75) is 25.3 Å². The number of benzene rings is 1. The molecule has 0 bridgehead atoms. The second kappa shape index (κ2) is 6.03. The summed E-state index contributed by atoms with van der Waals surface area (Å²) in [5.74, 6) is 0.998. The maximum absolute atomic E-state index is 11.7. The monoisotopic (exact) mass is 253 g/mol. The number of Topliss-reactive ketones (excluding diaryl/α,β-unsaturated/α-hetero) is 1. The molecule has 92 valence electrons. The van der Waals surface area contributed by atoms with Gasteiger partial charge in [-0.3, -0.25) is 4.79 Å². The SMILES string of the molecule is O=C(CCOc1ccc(Cl)cc1)C1CCCN1. The Morgan fingerprint density at radius 2 is 2.18 bits per heavy atom. The number of hydrogen-bond donors (Lipinski definition) is 1. The number of rotatable bonds is 5. The quantitative estimate of drug-likeness (QED) is 0.876. The van der Waals surface area contributed by atoms with E-state index in [4.69, 9.17) is 16.3 Å². The average molecular weight is 254 g/mol. The summed E-state index contributed by atoms with van der Waals surface area (Å²) < 4.78 is 5.48. The Bertz CT molecular complexity index is 372. The molecule has 0 aliphatic carbocycles. The van der Waals surface area contributed by atoms with Crippen LogP contribution in [0.1, 0.15) is 19.3 Å². The maximum atomic E-state index is 11.7. The molecule has 1 N–H and O–H groups in total. The van der Waals surface area contributed by atoms with Gasteiger partial charge in [0.1, 0.15) is 5.75 Å². The molecule has 1 heterocycles. The molecule has 1 unspecified atom stereocenters. The third-order valence-electron chi connectivity index (χ3n) is 2.88. The van der Waals surface area contributed by atoms with Crippen LogP contribution < -0.4 is 10.1 Å². The zero-order valence-corrected chi connectivity index (χ0v) is 10.4. The predicted molar refractivity (Wildman–Crippen MR) is 67.6 cm³/mol. The van der Waals surface area contributed by atoms with Crippen molar-refractivity contribution in [3.8, 4) is 5.75 Å². The van der Waals surface area contributed by atoms with Crippen molar-refractivity contribution in [3.63, 3.8) is 0 Å². The van der Waals surface area contributed by atoms with E-state index in [9.17, 15) is 4.79 Å². The molecule has 1 aliphatic heterocycles. The molecular formula is C13H16ClNO2. The van der Waals surface area contributed by atoms with Crippen molar-refractivity contribution in [2.75, 3.05) is 13.2 Å². The lowest BCUT2D eigenvalue weighted by Gasteiger charge is -2.09. The van der Waals surface area contributed by atoms with E-state index in [0.29, 0.717) is 18.1 Å². The topological polar surface area (TPSA) is 38.3 Å². The highest BCUT2D eigenvalue weighted by atomic mass is 35.5. The third-order valence-corrected chi connectivity index (χ3v) is 3.13. The first kappa shape index (κ1) is 12.4. The molecule has 4 heteroatoms. The lowest BCUT2D eigenvalue weighted by Crippen LogP contribution is -2.31. The van der Waals surface area contributed by atoms with Gasteiger partial charge < -0.3 is 10.1 Å². The van der Waals surface area contributed by atoms with Crippen molar-refractivity contribution in [2.24, 2.45) is 0 Å². The van der Waals surface area contributed by atoms with E-state index in [1.165, 1.54) is 0 Å². The molecule has 0 amide bonds. The van der Waals surface area contributed by atoms with Crippen molar-refractivity contribution in [1.82, 2.24) is 5.32 Å². The van der Waals surface area contributed by atoms with E-state index in [-0.39, 0.29) is 11.8 Å². The minimum atomic E-state index is 0.0452. The second-order valence-electron chi connectivity index (χ2n) is 4.17. The zero-order valence-electron chi connectivity index (χ0n) is 9.62. The van der Waals surface area contributed by atoms with Crippen LogP contribution in [-0.2, 0) is 4.79 Å². The van der Waals surface area contributed by atoms with Gasteiger partial charge >= 0.3 is 0 Å². The highest BCUT2D eigenvalue weighted by molar-refractivity contribution is 6.30. The van der Waals surface area contributed by atoms with Crippen LogP contribution in [0.2, 0.25) is 5.02 Å². The minimum absolute atomic E-state index is 0.0452. The third kappa shape index (κ3) is 3.72. The zero-order chi connectivity index (χ0) is 12.1. The van der Waals surface area contributed by atoms with Gasteiger partial charge in [0, 0.05) is 11.4 Å². The van der Waals surface area contributed by atoms with Gasteiger partial charge in [-0.15, -0.1) is 0 Å². The Balaban J connectivity index is 1.72. The summed E-state index contributed by atoms with van der Waals surface area (Å²) in [6.07, 6.45) is 2.51. The highest BCUT2D eigenvalue weighted by Crippen LogP contribution is 2.16. The van der Waals surface area contributed by atoms with E-state index in [0.717, 1.165) is 25.1 Å². The summed E-state index contributed by atoms with van der Waals surface area (Å²) in [6.45, 7) is 1.38. The Morgan fingerprint density at radius 3 is 2.82 bits per heavy atom. The van der Waals surface area contributed by atoms with Crippen LogP contribution in [0.5, 0.6) is 5.75 Å². The van der Waals surface area contributed by atoms with Gasteiger partial charge in [-0.25, -0.2) is 0 Å². The summed E-state index contributed by atoms with van der Waals surface area (Å²) in [5.41, 5.74) is 0. The van der Waals surface area contributed by atoms with Crippen molar-refractivity contribution in [1.29, 1.82) is 0 Å². The number of halogens is 1. The largest absolute Gasteiger partial charge is 0.493 e. The molecule has 1 fully saturated rings. The van der Waals surface area contributed by atoms with E-state index in [1.807, 2.05) is 0 Å². The fourth-order valence-corrected chi connectivity index (χ4v) is 2.06. The first-order chi connectivity index (χ1) is 8.25. The minimum Gasteiger partial charge on any atom is -0.493 e. The molecule has 2 rings (SSSR count). The van der Waals surface area contributed by atoms with Gasteiger partial charge in [0.25, 0.3) is 0 Å². The Labute approximate surface area is 106 Å². The Hall–Kier alpha value is -1.06. The smallest absolute Gasteiger partial charge is 0.153 e. The number of carbonyl (C=O) groups excluding carboxylic acids is 1. The first-order valence-corrected chi connectivity index (χ1v) is 6.28. The van der Waals surface area contributed by atoms with Crippen LogP contribution in [0.25, 0.3) is 0 Å². The molecule has 0 aromatic heterocycles. The lowest BCUT2D eigenvalue weighted by atomic mass is 10.1. The van der Waals surface area contributed by atoms with Crippen molar-refractivity contribution >= 4 is 17.4 Å². The van der Waals surface area contributed by atoms with Gasteiger partial charge in [-0.2, -0.15) is 0 Å². The van der Waals surface area contributed by atoms with E-state index in [1.54, 1.807) is 24.3 Å². The number of carbonyl (C=O) groups is 1. The summed E-state index contributed by atoms with van der Waals surface area (Å²) in [6, 6.07) is 7.21. The second-order valence-corrected chi connectivity index (χ2v) is 4.60. The molecule has 1 aliphatic rings. The van der Waals surface area contributed by atoms with E-state index in [2.05, 4.69) is 5.32 Å². The summed E-state index contributed by atoms with van der Waals surface area (Å²) in [7, 11) is 0. The van der Waals surface area contributed by atoms with Crippen LogP contribution in [0.15, 0.2) is 24.3 Å². The lowest BCUT2D eigenvalue weighted by molar-refractivity contribution is -0.121. The fraction of sp³-hybridized carbons (Fsp3) is 0.462. The maximum Gasteiger partial charge on any atom is 0.153 e. The highest BCUT2D eigenvalue weighted by Gasteiger charge is 2.21. The predicted octanol–water partition coefficient (Wildman–Crippen LogP) is 2.43. The number of ketones is 1. The first-order valence-electron chi connectivity index (χ1n) is 5.90. The molecule has 0 radical (unpaired) electrons. The molecular weight excluding hydrogens is 238 g/mol. The Kier molecular flexibility index (Phi) is 4.40. The summed E-state index contributed by atoms with van der Waals surface area (Å²) in [5, 5.41) is 3.87. The van der Waals surface area contributed by atoms with Crippen molar-refractivity contribution in [3.05, 3.63) is 29.3 Å². The van der Waals surface area contributed by atoms with Gasteiger partial charge in [-0.05, 0) is 43.7 Å². The number of ether oxygens (including phenoxy) is 1. The van der Waals surface area contributed by atoms with Crippen LogP contribution in [-0.4, -0.2) is 25.0 Å². The molecule has 1 aromatic rings. The van der Waals surface area contributed by atoms with E-state index >= 15 is 0 Å². The normalized spacial score (nSPS) is 19.2. The van der Waals surface area contributed by atoms with Crippen LogP contribution in [0.3, 0.4) is 0 Å². The molecule has 0 saturated carbocycles. The Morgan fingerprint density at radius 1 is 1.41 bits per heavy atom. The van der Waals surface area contributed by atoms with Gasteiger partial charge in [0.05, 0.1) is 12.6 Å². The molecule has 1 saturated heterocycles. The number of hydrogen-bond acceptors (Lipinski definition) is 3. The summed E-state index contributed by atoms with van der Waals surface area (Å²) in [4.78, 5) is 11.7. The van der Waals surface area contributed by atoms with Crippen LogP contribution in [0.4, 0.5) is 0 Å². The van der Waals surface area contributed by atoms with Gasteiger partial charge in [0.2, 0.25) is 0 Å². The molecule has 17 heavy (non-hydrogen) atoms. The molecule has 1 atom stereocenters. The van der Waals surface area contributed by atoms with E-state index < -0.39 is 0 Å². The van der Waals surface area contributed by atoms with Crippen LogP contribution >= 0.6 is 11.6 Å². The van der Waals surface area contributed by atoms with Crippen molar-refractivity contribution < 1.29 is 9.53 Å². The standard InChI is InChI=1S/C13H16ClNO2/c14-10-3-5-11(6-4-10)17-9-7-13(16)12-2-1-8-15-12/h3-6,12,15H,1-2,7-9H2. The fourth-order valence-electron chi connectivity index (χ4n) is 1.93. The summed E-state index contributed by atoms with van der Waals surface area (Å²) >= 11 is 5.76. The molecule has 3 nitrogen and oxygen atoms in total. The van der Waals surface area contributed by atoms with Crippen LogP contribution in [0, 0.1) is 0 Å². The molecule has 1 aromatic carbocycles.